The summed E-state index contributed by atoms with van der Waals surface area (Å²) in [5.41, 5.74) is 5.70. The van der Waals surface area contributed by atoms with E-state index < -0.39 is 0 Å². The molecule has 0 unspecified atom stereocenters. The maximum absolute atomic E-state index is 11.3. The number of rotatable bonds is 6. The molecule has 0 N–H and O–H groups in total. The van der Waals surface area contributed by atoms with Crippen molar-refractivity contribution >= 4 is 17.1 Å². The second-order valence-electron chi connectivity index (χ2n) is 6.62. The van der Waals surface area contributed by atoms with Crippen LogP contribution < -0.4 is 4.74 Å². The summed E-state index contributed by atoms with van der Waals surface area (Å²) < 4.78 is 10.2. The molecule has 0 radical (unpaired) electrons. The molecular weight excluding hydrogens is 356 g/mol. The Morgan fingerprint density at radius 1 is 0.929 bits per heavy atom. The average molecular weight is 374 g/mol. The van der Waals surface area contributed by atoms with Crippen molar-refractivity contribution in [3.63, 3.8) is 0 Å². The summed E-state index contributed by atoms with van der Waals surface area (Å²) in [6, 6.07) is 16.6. The number of fused-ring (bicyclic) bond motifs is 1. The molecule has 2 heterocycles. The number of hydrogen-bond acceptors (Lipinski definition) is 7. The van der Waals surface area contributed by atoms with Gasteiger partial charge in [-0.25, -0.2) is 9.61 Å². The summed E-state index contributed by atoms with van der Waals surface area (Å²) in [5.74, 6) is 0.162. The summed E-state index contributed by atoms with van der Waals surface area (Å²) in [6.45, 7) is 3.44. The quantitative estimate of drug-likeness (QED) is 0.510. The van der Waals surface area contributed by atoms with Crippen molar-refractivity contribution in [3.05, 3.63) is 65.4 Å². The van der Waals surface area contributed by atoms with Crippen LogP contribution in [0.15, 0.2) is 53.2 Å². The third kappa shape index (κ3) is 3.88. The van der Waals surface area contributed by atoms with E-state index >= 15 is 0 Å². The number of carbonyl (C=O) groups is 1. The van der Waals surface area contributed by atoms with Crippen LogP contribution in [0.3, 0.4) is 0 Å². The molecular formula is C21H18N4O3. The van der Waals surface area contributed by atoms with Crippen LogP contribution in [0.5, 0.6) is 5.88 Å². The van der Waals surface area contributed by atoms with Crippen LogP contribution in [0.4, 0.5) is 0 Å². The highest BCUT2D eigenvalue weighted by molar-refractivity contribution is 5.77. The maximum atomic E-state index is 11.3. The van der Waals surface area contributed by atoms with E-state index in [2.05, 4.69) is 68.2 Å². The Morgan fingerprint density at radius 3 is 2.18 bits per heavy atom. The molecule has 0 aliphatic heterocycles. The van der Waals surface area contributed by atoms with E-state index in [-0.39, 0.29) is 23.9 Å². The fourth-order valence-corrected chi connectivity index (χ4v) is 2.81. The molecule has 0 bridgehead atoms. The van der Waals surface area contributed by atoms with Crippen LogP contribution in [0.2, 0.25) is 0 Å². The minimum Gasteiger partial charge on any atom is -0.468 e. The molecule has 140 valence electrons. The standard InChI is InChI=1S/C21H18N4O3/c1-13-3-7-16(8-4-13)17-9-5-15(6-10-17)11-18-21(27-12-14(2)26)23-20-19(22-18)24-28-25-20/h3-10H,11-12H2,1-2H3. The summed E-state index contributed by atoms with van der Waals surface area (Å²) in [5, 5.41) is 7.42. The molecule has 0 fully saturated rings. The lowest BCUT2D eigenvalue weighted by atomic mass is 10.0. The normalized spacial score (nSPS) is 10.9. The predicted molar refractivity (Wildman–Crippen MR) is 103 cm³/mol. The zero-order chi connectivity index (χ0) is 19.5. The average Bonchev–Trinajstić information content (AvgIpc) is 3.14. The summed E-state index contributed by atoms with van der Waals surface area (Å²) in [7, 11) is 0. The number of Topliss-reactive ketones (excluding diaryl/α,β-unsaturated/α-hetero) is 1. The van der Waals surface area contributed by atoms with Gasteiger partial charge < -0.3 is 4.74 Å². The van der Waals surface area contributed by atoms with Crippen LogP contribution >= 0.6 is 0 Å². The van der Waals surface area contributed by atoms with Crippen molar-refractivity contribution in [2.45, 2.75) is 20.3 Å². The van der Waals surface area contributed by atoms with Gasteiger partial charge in [0, 0.05) is 6.42 Å². The fraction of sp³-hybridized carbons (Fsp3) is 0.190. The van der Waals surface area contributed by atoms with Gasteiger partial charge in [0.1, 0.15) is 12.3 Å². The Balaban J connectivity index is 1.60. The minimum absolute atomic E-state index is 0.0785. The molecule has 0 amide bonds. The third-order valence-electron chi connectivity index (χ3n) is 4.27. The van der Waals surface area contributed by atoms with E-state index in [4.69, 9.17) is 4.74 Å². The van der Waals surface area contributed by atoms with Crippen molar-refractivity contribution < 1.29 is 14.2 Å². The van der Waals surface area contributed by atoms with E-state index in [1.807, 2.05) is 12.1 Å². The molecule has 0 saturated carbocycles. The number of nitrogens with zero attached hydrogens (tertiary/aromatic N) is 4. The van der Waals surface area contributed by atoms with Crippen molar-refractivity contribution in [3.8, 4) is 17.0 Å². The largest absolute Gasteiger partial charge is 0.468 e. The van der Waals surface area contributed by atoms with Crippen molar-refractivity contribution in [2.75, 3.05) is 6.61 Å². The number of aryl methyl sites for hydroxylation is 1. The third-order valence-corrected chi connectivity index (χ3v) is 4.27. The first-order valence-electron chi connectivity index (χ1n) is 8.86. The topological polar surface area (TPSA) is 91.0 Å². The van der Waals surface area contributed by atoms with E-state index in [1.165, 1.54) is 12.5 Å². The Bertz CT molecular complexity index is 1120. The lowest BCUT2D eigenvalue weighted by molar-refractivity contribution is -0.119. The zero-order valence-corrected chi connectivity index (χ0v) is 15.5. The van der Waals surface area contributed by atoms with Gasteiger partial charge in [-0.05, 0) is 40.9 Å². The first-order valence-corrected chi connectivity index (χ1v) is 8.86. The number of ether oxygens (including phenoxy) is 1. The van der Waals surface area contributed by atoms with Crippen molar-refractivity contribution in [1.29, 1.82) is 0 Å². The molecule has 7 nitrogen and oxygen atoms in total. The highest BCUT2D eigenvalue weighted by Crippen LogP contribution is 2.24. The number of aromatic nitrogens is 4. The van der Waals surface area contributed by atoms with E-state index in [0.29, 0.717) is 17.8 Å². The maximum Gasteiger partial charge on any atom is 0.246 e. The van der Waals surface area contributed by atoms with Gasteiger partial charge in [0.15, 0.2) is 5.78 Å². The fourth-order valence-electron chi connectivity index (χ4n) is 2.81. The molecule has 28 heavy (non-hydrogen) atoms. The Kier molecular flexibility index (Phi) is 4.80. The summed E-state index contributed by atoms with van der Waals surface area (Å²) in [6.07, 6.45) is 0.483. The number of hydrogen-bond donors (Lipinski definition) is 0. The van der Waals surface area contributed by atoms with E-state index in [1.54, 1.807) is 0 Å². The zero-order valence-electron chi connectivity index (χ0n) is 15.5. The van der Waals surface area contributed by atoms with Gasteiger partial charge in [-0.15, -0.1) is 0 Å². The lowest BCUT2D eigenvalue weighted by Crippen LogP contribution is -2.10. The van der Waals surface area contributed by atoms with Crippen LogP contribution in [0, 0.1) is 6.92 Å². The van der Waals surface area contributed by atoms with Crippen molar-refractivity contribution in [1.82, 2.24) is 20.3 Å². The lowest BCUT2D eigenvalue weighted by Gasteiger charge is -2.09. The van der Waals surface area contributed by atoms with Gasteiger partial charge in [0.25, 0.3) is 0 Å². The summed E-state index contributed by atoms with van der Waals surface area (Å²) in [4.78, 5) is 20.0. The predicted octanol–water partition coefficient (Wildman–Crippen LogP) is 3.55. The van der Waals surface area contributed by atoms with Gasteiger partial charge in [-0.3, -0.25) is 4.79 Å². The molecule has 0 spiro atoms. The molecule has 7 heteroatoms. The van der Waals surface area contributed by atoms with E-state index in [0.717, 1.165) is 16.7 Å². The smallest absolute Gasteiger partial charge is 0.246 e. The molecule has 4 aromatic rings. The van der Waals surface area contributed by atoms with Crippen LogP contribution in [0.25, 0.3) is 22.4 Å². The van der Waals surface area contributed by atoms with Crippen LogP contribution in [-0.2, 0) is 11.2 Å². The summed E-state index contributed by atoms with van der Waals surface area (Å²) >= 11 is 0. The first kappa shape index (κ1) is 17.8. The van der Waals surface area contributed by atoms with Gasteiger partial charge in [-0.2, -0.15) is 4.98 Å². The monoisotopic (exact) mass is 374 g/mol. The molecule has 0 atom stereocenters. The van der Waals surface area contributed by atoms with Gasteiger partial charge in [0.2, 0.25) is 17.2 Å². The second kappa shape index (κ2) is 7.56. The number of benzene rings is 2. The Hall–Kier alpha value is -3.61. The minimum atomic E-state index is -0.103. The molecule has 0 aliphatic rings. The highest BCUT2D eigenvalue weighted by atomic mass is 16.6. The van der Waals surface area contributed by atoms with Crippen LogP contribution in [0.1, 0.15) is 23.7 Å². The SMILES string of the molecule is CC(=O)COc1nc2nonc2nc1Cc1ccc(-c2ccc(C)cc2)cc1. The molecule has 2 aromatic carbocycles. The second-order valence-corrected chi connectivity index (χ2v) is 6.62. The van der Waals surface area contributed by atoms with Gasteiger partial charge in [0.05, 0.1) is 0 Å². The van der Waals surface area contributed by atoms with Gasteiger partial charge in [-0.1, -0.05) is 54.1 Å². The Morgan fingerprint density at radius 2 is 1.54 bits per heavy atom. The first-order chi connectivity index (χ1) is 13.6. The highest BCUT2D eigenvalue weighted by Gasteiger charge is 2.15. The Labute approximate surface area is 161 Å². The van der Waals surface area contributed by atoms with Crippen LogP contribution in [-0.4, -0.2) is 32.7 Å². The molecule has 0 aliphatic carbocycles. The van der Waals surface area contributed by atoms with E-state index in [9.17, 15) is 4.79 Å². The molecule has 0 saturated heterocycles. The van der Waals surface area contributed by atoms with Gasteiger partial charge >= 0.3 is 0 Å². The molecule has 4 rings (SSSR count). The number of carbonyl (C=O) groups excluding carboxylic acids is 1. The van der Waals surface area contributed by atoms with Crippen molar-refractivity contribution in [2.24, 2.45) is 0 Å². The number of ketones is 1. The molecule has 2 aromatic heterocycles.